The van der Waals surface area contributed by atoms with E-state index < -0.39 is 0 Å². The Morgan fingerprint density at radius 1 is 0.196 bits per heavy atom. The van der Waals surface area contributed by atoms with Gasteiger partial charge in [0.05, 0.1) is 0 Å². The fourth-order valence-corrected chi connectivity index (χ4v) is 33.1. The third-order valence-electron chi connectivity index (χ3n) is 28.8. The molecule has 0 aliphatic heterocycles. The molecule has 24 fully saturated rings. The predicted octanol–water partition coefficient (Wildman–Crippen LogP) is 5.88. The van der Waals surface area contributed by atoms with Gasteiger partial charge in [-0.1, -0.05) is 24.3 Å². The van der Waals surface area contributed by atoms with Crippen LogP contribution in [0.5, 0.6) is 0 Å². The van der Waals surface area contributed by atoms with Crippen molar-refractivity contribution in [2.75, 3.05) is 0 Å². The minimum absolute atomic E-state index is 0.685. The second kappa shape index (κ2) is 4.52. The molecule has 40 atom stereocenters. The zero-order chi connectivity index (χ0) is 26.9. The molecule has 0 radical (unpaired) electrons. The Morgan fingerprint density at radius 2 is 0.326 bits per heavy atom. The minimum atomic E-state index is 0.685. The summed E-state index contributed by atoms with van der Waals surface area (Å²) in [7, 11) is 0. The molecule has 0 nitrogen and oxygen atoms in total. The van der Waals surface area contributed by atoms with Crippen LogP contribution >= 0.6 is 0 Å². The first kappa shape index (κ1) is 19.6. The molecule has 46 heavy (non-hydrogen) atoms. The Kier molecular flexibility index (Phi) is 1.92. The summed E-state index contributed by atoms with van der Waals surface area (Å²) in [6.07, 6.45) is 0. The third-order valence-corrected chi connectivity index (χ3v) is 28.8. The van der Waals surface area contributed by atoms with Crippen molar-refractivity contribution < 1.29 is 0 Å². The van der Waals surface area contributed by atoms with E-state index >= 15 is 0 Å². The lowest BCUT2D eigenvalue weighted by Crippen LogP contribution is -2.41. The Labute approximate surface area is 270 Å². The molecule has 16 unspecified atom stereocenters. The molecule has 0 heteroatoms. The third kappa shape index (κ3) is 1.03. The van der Waals surface area contributed by atoms with Crippen molar-refractivity contribution >= 4 is 0 Å². The standard InChI is InChI=1S/C46H42/c1-2-6(46-42-33-21-12-8-13-23(21)35(42)37-25(13)26-14(8)24-22(12)34(33)43(46)36(24)38(26)44(37)46)4-3-5(1)45-39-27-15-9-7-10-17(15)29(39)31-19(10)20-11(7)18-16(9)28(27)40(45)30(18)32(20)41(31)45/h1-4,7-44H/t7?,8?,9?,10?,11?,12?,13?,14?,15-,16-,17-,18+,19+,20+,21-,22-,23-,24+,25+,26+,27-,28+,29-,30+,31-,32-,33-,34+,35+,36+,37-,38-,39?,40?,41?,42?,43?,44?,45?,46?/m0/s1. The largest absolute Gasteiger partial charge is 0.0582 e. The fourth-order valence-electron chi connectivity index (χ4n) is 33.1. The Hall–Kier alpha value is -0.780. The summed E-state index contributed by atoms with van der Waals surface area (Å²) in [6, 6.07) is 12.0. The molecule has 0 spiro atoms. The van der Waals surface area contributed by atoms with E-state index in [1.165, 1.54) is 225 Å². The zero-order valence-corrected chi connectivity index (χ0v) is 26.2. The average molecular weight is 595 g/mol. The normalized spacial score (nSPS) is 99.0. The van der Waals surface area contributed by atoms with E-state index in [4.69, 9.17) is 0 Å². The second-order valence-corrected chi connectivity index (χ2v) is 25.1. The average Bonchev–Trinajstić information content (AvgIpc) is 3.78. The maximum atomic E-state index is 3.01. The molecule has 24 aliphatic rings. The van der Waals surface area contributed by atoms with Gasteiger partial charge in [-0.25, -0.2) is 0 Å². The summed E-state index contributed by atoms with van der Waals surface area (Å²) in [5.41, 5.74) is 5.40. The predicted molar refractivity (Wildman–Crippen MR) is 162 cm³/mol. The fraction of sp³-hybridized carbons (Fsp3) is 0.870. The molecule has 0 heterocycles. The van der Waals surface area contributed by atoms with Gasteiger partial charge in [-0.05, 0) is 236 Å². The topological polar surface area (TPSA) is 0 Å². The van der Waals surface area contributed by atoms with Gasteiger partial charge in [-0.2, -0.15) is 0 Å². The lowest BCUT2D eigenvalue weighted by Gasteiger charge is -2.43. The molecule has 25 rings (SSSR count). The minimum Gasteiger partial charge on any atom is -0.0582 e. The summed E-state index contributed by atoms with van der Waals surface area (Å²) in [4.78, 5) is 0. The lowest BCUT2D eigenvalue weighted by atomic mass is 9.61. The van der Waals surface area contributed by atoms with E-state index in [2.05, 4.69) is 24.3 Å². The van der Waals surface area contributed by atoms with Crippen LogP contribution in [0.25, 0.3) is 0 Å². The Morgan fingerprint density at radius 3 is 0.478 bits per heavy atom. The highest BCUT2D eigenvalue weighted by Crippen LogP contribution is 3.06. The SMILES string of the molecule is c1cc(C23C4[C@@H]5[C@@H]6C7C8C9[C@@H]6[C@@H]4[C@H]4C2[C@H]2[C@@H](C8[C@@H]6[C@@H]7[C@@H]5C3[C@@H]62)[C@H]94)ccc1C12C3[C@@H]4[C@@H]5C6C7C8[C@@H]9[C@@H]6[C@@H]4C1[C@@H]9[C@@H]1C2[C@H]2[C@@H](C7[C@@H]5[C@@H]32)[C@H]81. The van der Waals surface area contributed by atoms with Gasteiger partial charge in [0.15, 0.2) is 0 Å². The molecule has 24 aliphatic carbocycles. The first-order chi connectivity index (χ1) is 22.9. The van der Waals surface area contributed by atoms with Gasteiger partial charge in [0.25, 0.3) is 0 Å². The van der Waals surface area contributed by atoms with Crippen LogP contribution in [0.15, 0.2) is 24.3 Å². The first-order valence-corrected chi connectivity index (χ1v) is 22.1. The van der Waals surface area contributed by atoms with Gasteiger partial charge in [0.2, 0.25) is 0 Å². The van der Waals surface area contributed by atoms with Crippen LogP contribution in [-0.4, -0.2) is 0 Å². The Bertz CT molecular complexity index is 1650. The zero-order valence-electron chi connectivity index (χ0n) is 26.2. The molecule has 0 saturated heterocycles. The number of hydrogen-bond donors (Lipinski definition) is 0. The van der Waals surface area contributed by atoms with Crippen molar-refractivity contribution in [2.24, 2.45) is 225 Å². The molecule has 0 aromatic heterocycles. The number of rotatable bonds is 2. The van der Waals surface area contributed by atoms with Crippen molar-refractivity contribution in [3.05, 3.63) is 35.4 Å². The van der Waals surface area contributed by atoms with Crippen LogP contribution < -0.4 is 0 Å². The van der Waals surface area contributed by atoms with Crippen LogP contribution in [0.1, 0.15) is 11.1 Å². The second-order valence-electron chi connectivity index (χ2n) is 25.1. The van der Waals surface area contributed by atoms with Crippen molar-refractivity contribution in [1.82, 2.24) is 0 Å². The van der Waals surface area contributed by atoms with Gasteiger partial charge >= 0.3 is 0 Å². The molecule has 226 valence electrons. The van der Waals surface area contributed by atoms with Crippen LogP contribution in [-0.2, 0) is 10.8 Å². The number of hydrogen-bond acceptors (Lipinski definition) is 0. The molecule has 0 N–H and O–H groups in total. The lowest BCUT2D eigenvalue weighted by molar-refractivity contribution is 0.158. The summed E-state index contributed by atoms with van der Waals surface area (Å²) in [5.74, 6) is 47.1. The van der Waals surface area contributed by atoms with Gasteiger partial charge in [-0.3, -0.25) is 0 Å². The van der Waals surface area contributed by atoms with Crippen LogP contribution in [0.3, 0.4) is 0 Å². The molecule has 1 aromatic carbocycles. The molecule has 1 aromatic rings. The highest BCUT2D eigenvalue weighted by Gasteiger charge is 3.04. The highest BCUT2D eigenvalue weighted by molar-refractivity contribution is 5.57. The maximum Gasteiger partial charge on any atom is 0.00547 e. The monoisotopic (exact) mass is 594 g/mol. The smallest absolute Gasteiger partial charge is 0.00547 e. The molecular formula is C46H42. The van der Waals surface area contributed by atoms with Gasteiger partial charge in [0.1, 0.15) is 0 Å². The van der Waals surface area contributed by atoms with Crippen LogP contribution in [0.2, 0.25) is 0 Å². The first-order valence-electron chi connectivity index (χ1n) is 22.1. The van der Waals surface area contributed by atoms with E-state index in [0.29, 0.717) is 10.8 Å². The van der Waals surface area contributed by atoms with Crippen molar-refractivity contribution in [1.29, 1.82) is 0 Å². The van der Waals surface area contributed by atoms with E-state index in [0.717, 1.165) is 0 Å². The Balaban J connectivity index is 0.792. The molecule has 0 bridgehead atoms. The van der Waals surface area contributed by atoms with E-state index in [1.54, 1.807) is 0 Å². The van der Waals surface area contributed by atoms with Gasteiger partial charge in [-0.15, -0.1) is 0 Å². The molecular weight excluding hydrogens is 553 g/mol. The number of benzene rings is 1. The highest BCUT2D eigenvalue weighted by atomic mass is 15.1. The van der Waals surface area contributed by atoms with Gasteiger partial charge in [0, 0.05) is 10.8 Å². The molecule has 24 saturated carbocycles. The van der Waals surface area contributed by atoms with E-state index in [1.807, 2.05) is 11.1 Å². The summed E-state index contributed by atoms with van der Waals surface area (Å²) < 4.78 is 0. The summed E-state index contributed by atoms with van der Waals surface area (Å²) in [6.45, 7) is 0. The molecule has 0 amide bonds. The van der Waals surface area contributed by atoms with Crippen molar-refractivity contribution in [3.63, 3.8) is 0 Å². The van der Waals surface area contributed by atoms with Crippen LogP contribution in [0.4, 0.5) is 0 Å². The van der Waals surface area contributed by atoms with Crippen molar-refractivity contribution in [3.8, 4) is 0 Å². The van der Waals surface area contributed by atoms with Crippen LogP contribution in [0, 0.1) is 225 Å². The van der Waals surface area contributed by atoms with E-state index in [-0.39, 0.29) is 0 Å². The quantitative estimate of drug-likeness (QED) is 0.402. The summed E-state index contributed by atoms with van der Waals surface area (Å²) in [5, 5.41) is 0. The summed E-state index contributed by atoms with van der Waals surface area (Å²) >= 11 is 0. The van der Waals surface area contributed by atoms with E-state index in [9.17, 15) is 0 Å². The maximum absolute atomic E-state index is 3.01. The van der Waals surface area contributed by atoms with Gasteiger partial charge < -0.3 is 0 Å². The van der Waals surface area contributed by atoms with Crippen molar-refractivity contribution in [2.45, 2.75) is 10.8 Å².